The van der Waals surface area contributed by atoms with Gasteiger partial charge in [0.25, 0.3) is 0 Å². The molecule has 0 aromatic heterocycles. The van der Waals surface area contributed by atoms with Gasteiger partial charge in [-0.15, -0.1) is 0 Å². The zero-order chi connectivity index (χ0) is 15.8. The third-order valence-electron chi connectivity index (χ3n) is 3.82. The van der Waals surface area contributed by atoms with Gasteiger partial charge in [-0.05, 0) is 57.5 Å². The molecular weight excluding hydrogens is 274 g/mol. The number of ether oxygens (including phenoxy) is 1. The molecule has 0 amide bonds. The van der Waals surface area contributed by atoms with E-state index in [9.17, 15) is 0 Å². The molecule has 1 heterocycles. The van der Waals surface area contributed by atoms with Crippen LogP contribution in [0.15, 0.2) is 18.2 Å². The first-order valence-corrected chi connectivity index (χ1v) is 8.66. The highest BCUT2D eigenvalue weighted by molar-refractivity contribution is 5.60. The van der Waals surface area contributed by atoms with Crippen LogP contribution in [-0.2, 0) is 6.54 Å². The summed E-state index contributed by atoms with van der Waals surface area (Å²) >= 11 is 0. The highest BCUT2D eigenvalue weighted by Gasteiger charge is 2.15. The lowest BCUT2D eigenvalue weighted by atomic mass is 10.1. The van der Waals surface area contributed by atoms with Crippen LogP contribution in [0.3, 0.4) is 0 Å². The minimum absolute atomic E-state index is 0.197. The van der Waals surface area contributed by atoms with Gasteiger partial charge in [0.1, 0.15) is 5.75 Å². The van der Waals surface area contributed by atoms with Gasteiger partial charge in [0, 0.05) is 26.2 Å². The third-order valence-corrected chi connectivity index (χ3v) is 3.82. The SMILES string of the molecule is CCCNCc1ccc(N2CCCNCC2)c(OC(C)C)c1. The van der Waals surface area contributed by atoms with Crippen LogP contribution in [-0.4, -0.2) is 38.8 Å². The van der Waals surface area contributed by atoms with Crippen LogP contribution in [0, 0.1) is 0 Å². The Hall–Kier alpha value is -1.26. The summed E-state index contributed by atoms with van der Waals surface area (Å²) in [6.45, 7) is 12.6. The maximum absolute atomic E-state index is 6.10. The van der Waals surface area contributed by atoms with Crippen molar-refractivity contribution in [3.8, 4) is 5.75 Å². The smallest absolute Gasteiger partial charge is 0.143 e. The van der Waals surface area contributed by atoms with E-state index in [1.54, 1.807) is 0 Å². The number of hydrogen-bond donors (Lipinski definition) is 2. The van der Waals surface area contributed by atoms with Crippen LogP contribution >= 0.6 is 0 Å². The maximum Gasteiger partial charge on any atom is 0.143 e. The van der Waals surface area contributed by atoms with Gasteiger partial charge in [0.05, 0.1) is 11.8 Å². The fraction of sp³-hybridized carbons (Fsp3) is 0.667. The first-order valence-electron chi connectivity index (χ1n) is 8.66. The molecule has 1 fully saturated rings. The molecule has 1 aliphatic heterocycles. The Balaban J connectivity index is 2.15. The van der Waals surface area contributed by atoms with Crippen LogP contribution in [0.2, 0.25) is 0 Å². The summed E-state index contributed by atoms with van der Waals surface area (Å²) in [7, 11) is 0. The summed E-state index contributed by atoms with van der Waals surface area (Å²) < 4.78 is 6.10. The largest absolute Gasteiger partial charge is 0.489 e. The monoisotopic (exact) mass is 305 g/mol. The molecule has 1 aromatic rings. The summed E-state index contributed by atoms with van der Waals surface area (Å²) in [6, 6.07) is 6.66. The molecule has 0 atom stereocenters. The minimum Gasteiger partial charge on any atom is -0.489 e. The van der Waals surface area contributed by atoms with Crippen molar-refractivity contribution in [1.29, 1.82) is 0 Å². The van der Waals surface area contributed by atoms with Gasteiger partial charge in [-0.2, -0.15) is 0 Å². The zero-order valence-corrected chi connectivity index (χ0v) is 14.3. The molecule has 22 heavy (non-hydrogen) atoms. The molecule has 4 heteroatoms. The highest BCUT2D eigenvalue weighted by Crippen LogP contribution is 2.31. The number of nitrogens with zero attached hydrogens (tertiary/aromatic N) is 1. The van der Waals surface area contributed by atoms with Crippen LogP contribution < -0.4 is 20.3 Å². The molecule has 1 aromatic carbocycles. The summed E-state index contributed by atoms with van der Waals surface area (Å²) in [5.74, 6) is 1.02. The summed E-state index contributed by atoms with van der Waals surface area (Å²) in [6.07, 6.45) is 2.54. The van der Waals surface area contributed by atoms with Crippen LogP contribution in [0.5, 0.6) is 5.75 Å². The van der Waals surface area contributed by atoms with E-state index >= 15 is 0 Å². The summed E-state index contributed by atoms with van der Waals surface area (Å²) in [5.41, 5.74) is 2.53. The molecule has 0 radical (unpaired) electrons. The number of anilines is 1. The predicted molar refractivity (Wildman–Crippen MR) is 93.9 cm³/mol. The van der Waals surface area contributed by atoms with Gasteiger partial charge < -0.3 is 20.3 Å². The molecule has 2 rings (SSSR count). The third kappa shape index (κ3) is 5.18. The van der Waals surface area contributed by atoms with Crippen molar-refractivity contribution in [2.75, 3.05) is 37.6 Å². The number of benzene rings is 1. The number of hydrogen-bond acceptors (Lipinski definition) is 4. The lowest BCUT2D eigenvalue weighted by Gasteiger charge is -2.26. The molecular formula is C18H31N3O. The second-order valence-corrected chi connectivity index (χ2v) is 6.24. The van der Waals surface area contributed by atoms with E-state index in [0.29, 0.717) is 0 Å². The highest BCUT2D eigenvalue weighted by atomic mass is 16.5. The van der Waals surface area contributed by atoms with Crippen molar-refractivity contribution >= 4 is 5.69 Å². The van der Waals surface area contributed by atoms with Gasteiger partial charge in [0.15, 0.2) is 0 Å². The Bertz CT molecular complexity index is 440. The quantitative estimate of drug-likeness (QED) is 0.760. The van der Waals surface area contributed by atoms with Crippen molar-refractivity contribution in [2.45, 2.75) is 46.3 Å². The van der Waals surface area contributed by atoms with Crippen molar-refractivity contribution in [2.24, 2.45) is 0 Å². The Morgan fingerprint density at radius 1 is 1.27 bits per heavy atom. The number of rotatable bonds is 7. The fourth-order valence-electron chi connectivity index (χ4n) is 2.77. The van der Waals surface area contributed by atoms with E-state index in [0.717, 1.165) is 51.4 Å². The molecule has 0 saturated carbocycles. The average molecular weight is 305 g/mol. The Morgan fingerprint density at radius 3 is 2.91 bits per heavy atom. The van der Waals surface area contributed by atoms with Crippen LogP contribution in [0.4, 0.5) is 5.69 Å². The van der Waals surface area contributed by atoms with Crippen LogP contribution in [0.1, 0.15) is 39.2 Å². The van der Waals surface area contributed by atoms with E-state index < -0.39 is 0 Å². The standard InChI is InChI=1S/C18H31N3O/c1-4-8-20-14-16-6-7-17(18(13-16)22-15(2)3)21-11-5-9-19-10-12-21/h6-7,13,15,19-20H,4-5,8-12,14H2,1-3H3. The second kappa shape index (κ2) is 9.01. The molecule has 0 spiro atoms. The van der Waals surface area contributed by atoms with Gasteiger partial charge in [-0.3, -0.25) is 0 Å². The van der Waals surface area contributed by atoms with Gasteiger partial charge >= 0.3 is 0 Å². The first kappa shape index (κ1) is 17.1. The van der Waals surface area contributed by atoms with E-state index in [-0.39, 0.29) is 6.10 Å². The molecule has 0 unspecified atom stereocenters. The normalized spacial score (nSPS) is 15.9. The van der Waals surface area contributed by atoms with Crippen molar-refractivity contribution in [3.63, 3.8) is 0 Å². The molecule has 4 nitrogen and oxygen atoms in total. The topological polar surface area (TPSA) is 36.5 Å². The van der Waals surface area contributed by atoms with Gasteiger partial charge in [-0.1, -0.05) is 13.0 Å². The summed E-state index contributed by atoms with van der Waals surface area (Å²) in [4.78, 5) is 2.45. The Morgan fingerprint density at radius 2 is 2.14 bits per heavy atom. The van der Waals surface area contributed by atoms with Crippen LogP contribution in [0.25, 0.3) is 0 Å². The first-order chi connectivity index (χ1) is 10.7. The molecule has 2 N–H and O–H groups in total. The average Bonchev–Trinajstić information content (AvgIpc) is 2.76. The molecule has 1 saturated heterocycles. The fourth-order valence-corrected chi connectivity index (χ4v) is 2.77. The lowest BCUT2D eigenvalue weighted by molar-refractivity contribution is 0.242. The van der Waals surface area contributed by atoms with Gasteiger partial charge in [0.2, 0.25) is 0 Å². The van der Waals surface area contributed by atoms with E-state index in [1.165, 1.54) is 17.7 Å². The summed E-state index contributed by atoms with van der Waals surface area (Å²) in [5, 5.41) is 6.92. The second-order valence-electron chi connectivity index (χ2n) is 6.24. The van der Waals surface area contributed by atoms with Crippen molar-refractivity contribution in [1.82, 2.24) is 10.6 Å². The van der Waals surface area contributed by atoms with Gasteiger partial charge in [-0.25, -0.2) is 0 Å². The minimum atomic E-state index is 0.197. The van der Waals surface area contributed by atoms with Crippen molar-refractivity contribution in [3.05, 3.63) is 23.8 Å². The van der Waals surface area contributed by atoms with Crippen molar-refractivity contribution < 1.29 is 4.74 Å². The molecule has 0 bridgehead atoms. The van der Waals surface area contributed by atoms with E-state index in [1.807, 2.05) is 0 Å². The molecule has 124 valence electrons. The Labute approximate surface area is 135 Å². The molecule has 0 aliphatic carbocycles. The Kier molecular flexibility index (Phi) is 7.00. The zero-order valence-electron chi connectivity index (χ0n) is 14.3. The predicted octanol–water partition coefficient (Wildman–Crippen LogP) is 2.77. The van der Waals surface area contributed by atoms with E-state index in [4.69, 9.17) is 4.74 Å². The maximum atomic E-state index is 6.10. The lowest BCUT2D eigenvalue weighted by Crippen LogP contribution is -2.28. The molecule has 1 aliphatic rings. The number of nitrogens with one attached hydrogen (secondary N) is 2. The van der Waals surface area contributed by atoms with E-state index in [2.05, 4.69) is 54.5 Å².